The summed E-state index contributed by atoms with van der Waals surface area (Å²) in [5.74, 6) is -2.99. The predicted octanol–water partition coefficient (Wildman–Crippen LogP) is 1.62. The van der Waals surface area contributed by atoms with Gasteiger partial charge in [0, 0.05) is 30.8 Å². The third-order valence-corrected chi connectivity index (χ3v) is 2.82. The molecule has 3 N–H and O–H groups in total. The molecule has 2 rings (SSSR count). The van der Waals surface area contributed by atoms with E-state index in [0.717, 1.165) is 5.56 Å². The van der Waals surface area contributed by atoms with E-state index in [1.54, 1.807) is 24.5 Å². The van der Waals surface area contributed by atoms with Crippen molar-refractivity contribution in [2.75, 3.05) is 13.1 Å². The highest BCUT2D eigenvalue weighted by molar-refractivity contribution is 5.85. The molecule has 0 saturated carbocycles. The van der Waals surface area contributed by atoms with Gasteiger partial charge in [-0.05, 0) is 12.1 Å². The van der Waals surface area contributed by atoms with Gasteiger partial charge in [-0.1, -0.05) is 5.16 Å². The first-order valence-corrected chi connectivity index (χ1v) is 6.58. The molecule has 0 fully saturated rings. The van der Waals surface area contributed by atoms with Crippen molar-refractivity contribution in [1.29, 1.82) is 0 Å². The van der Waals surface area contributed by atoms with Gasteiger partial charge in [0.1, 0.15) is 0 Å². The molecule has 7 nitrogen and oxygen atoms in total. The van der Waals surface area contributed by atoms with Crippen LogP contribution in [0.5, 0.6) is 0 Å². The average molecular weight is 384 g/mol. The quantitative estimate of drug-likeness (QED) is 0.751. The molecule has 0 aliphatic rings. The number of hydrogen-bond acceptors (Lipinski definition) is 6. The number of carbonyl (C=O) groups is 1. The molecular weight excluding hydrogens is 367 g/mol. The second-order valence-corrected chi connectivity index (χ2v) is 4.58. The van der Waals surface area contributed by atoms with E-state index in [1.165, 1.54) is 0 Å². The van der Waals surface area contributed by atoms with Gasteiger partial charge in [-0.15, -0.1) is 24.8 Å². The third-order valence-electron chi connectivity index (χ3n) is 2.82. The fraction of sp³-hybridized carbons (Fsp3) is 0.385. The molecule has 2 aromatic heterocycles. The Hall–Kier alpha value is -1.84. The van der Waals surface area contributed by atoms with Gasteiger partial charge in [-0.2, -0.15) is 4.98 Å². The van der Waals surface area contributed by atoms with E-state index in [0.29, 0.717) is 5.82 Å². The van der Waals surface area contributed by atoms with Gasteiger partial charge in [-0.25, -0.2) is 8.78 Å². The number of carbonyl (C=O) groups excluding carboxylic acids is 1. The Bertz CT molecular complexity index is 628. The molecule has 0 aliphatic heterocycles. The molecule has 1 amide bonds. The fourth-order valence-corrected chi connectivity index (χ4v) is 1.58. The van der Waals surface area contributed by atoms with Crippen LogP contribution in [0.15, 0.2) is 29.0 Å². The molecular formula is C13H17Cl2F2N5O2. The van der Waals surface area contributed by atoms with Crippen LogP contribution in [0.25, 0.3) is 11.4 Å². The number of nitrogens with one attached hydrogen (secondary N) is 1. The van der Waals surface area contributed by atoms with E-state index < -0.39 is 24.9 Å². The van der Waals surface area contributed by atoms with Gasteiger partial charge in [-0.3, -0.25) is 9.78 Å². The van der Waals surface area contributed by atoms with Crippen LogP contribution in [0.1, 0.15) is 12.3 Å². The number of hydrogen-bond donors (Lipinski definition) is 2. The molecule has 134 valence electrons. The van der Waals surface area contributed by atoms with Gasteiger partial charge in [0.05, 0.1) is 13.1 Å². The van der Waals surface area contributed by atoms with Crippen molar-refractivity contribution in [2.45, 2.75) is 18.8 Å². The Morgan fingerprint density at radius 3 is 2.58 bits per heavy atom. The molecule has 0 atom stereocenters. The van der Waals surface area contributed by atoms with Crippen molar-refractivity contribution in [3.05, 3.63) is 30.4 Å². The van der Waals surface area contributed by atoms with E-state index in [1.807, 2.05) is 0 Å². The molecule has 0 bridgehead atoms. The van der Waals surface area contributed by atoms with Crippen LogP contribution < -0.4 is 11.1 Å². The largest absolute Gasteiger partial charge is 0.350 e. The summed E-state index contributed by atoms with van der Waals surface area (Å²) in [7, 11) is 0. The number of aromatic nitrogens is 3. The van der Waals surface area contributed by atoms with E-state index in [2.05, 4.69) is 20.4 Å². The summed E-state index contributed by atoms with van der Waals surface area (Å²) in [6.07, 6.45) is 3.32. The van der Waals surface area contributed by atoms with Crippen LogP contribution in [0.2, 0.25) is 0 Å². The molecule has 0 saturated heterocycles. The molecule has 0 aromatic carbocycles. The number of alkyl halides is 2. The lowest BCUT2D eigenvalue weighted by molar-refractivity contribution is -0.122. The van der Waals surface area contributed by atoms with Gasteiger partial charge < -0.3 is 15.6 Å². The van der Waals surface area contributed by atoms with Crippen molar-refractivity contribution >= 4 is 30.7 Å². The Kier molecular flexibility index (Phi) is 9.34. The number of amides is 1. The number of halogens is 4. The molecule has 0 spiro atoms. The van der Waals surface area contributed by atoms with Crippen LogP contribution in [-0.2, 0) is 11.2 Å². The Labute approximate surface area is 149 Å². The van der Waals surface area contributed by atoms with Crippen molar-refractivity contribution < 1.29 is 18.1 Å². The lowest BCUT2D eigenvalue weighted by Gasteiger charge is -2.14. The highest BCUT2D eigenvalue weighted by Crippen LogP contribution is 2.14. The fourth-order valence-electron chi connectivity index (χ4n) is 1.58. The van der Waals surface area contributed by atoms with E-state index in [-0.39, 0.29) is 43.5 Å². The number of rotatable bonds is 7. The maximum absolute atomic E-state index is 12.9. The summed E-state index contributed by atoms with van der Waals surface area (Å²) in [5.41, 5.74) is 5.61. The second-order valence-electron chi connectivity index (χ2n) is 4.58. The third kappa shape index (κ3) is 6.73. The Morgan fingerprint density at radius 2 is 1.96 bits per heavy atom. The molecule has 0 radical (unpaired) electrons. The maximum atomic E-state index is 12.9. The minimum absolute atomic E-state index is 0. The minimum atomic E-state index is -3.10. The van der Waals surface area contributed by atoms with Crippen LogP contribution in [0, 0.1) is 0 Å². The zero-order valence-corrected chi connectivity index (χ0v) is 14.1. The molecule has 0 unspecified atom stereocenters. The topological polar surface area (TPSA) is 107 Å². The van der Waals surface area contributed by atoms with Crippen LogP contribution in [0.3, 0.4) is 0 Å². The normalized spacial score (nSPS) is 10.5. The summed E-state index contributed by atoms with van der Waals surface area (Å²) in [6, 6.07) is 3.44. The highest BCUT2D eigenvalue weighted by atomic mass is 35.5. The highest BCUT2D eigenvalue weighted by Gasteiger charge is 2.27. The average Bonchev–Trinajstić information content (AvgIpc) is 3.01. The van der Waals surface area contributed by atoms with Crippen molar-refractivity contribution in [2.24, 2.45) is 5.73 Å². The number of pyridine rings is 1. The standard InChI is InChI=1S/C13H15F2N5O2.2ClH/c14-13(15,7-16)8-18-10(21)1-2-11-19-12(20-22-11)9-3-5-17-6-4-9;;/h3-6H,1-2,7-8,16H2,(H,18,21);2*1H. The maximum Gasteiger partial charge on any atom is 0.277 e. The summed E-state index contributed by atoms with van der Waals surface area (Å²) >= 11 is 0. The van der Waals surface area contributed by atoms with Gasteiger partial charge in [0.25, 0.3) is 5.92 Å². The molecule has 0 aliphatic carbocycles. The van der Waals surface area contributed by atoms with Crippen molar-refractivity contribution in [3.8, 4) is 11.4 Å². The van der Waals surface area contributed by atoms with E-state index >= 15 is 0 Å². The molecule has 2 aromatic rings. The summed E-state index contributed by atoms with van der Waals surface area (Å²) in [6.45, 7) is -1.60. The number of nitrogens with two attached hydrogens (primary N) is 1. The van der Waals surface area contributed by atoms with Crippen LogP contribution >= 0.6 is 24.8 Å². The predicted molar refractivity (Wildman–Crippen MR) is 87.4 cm³/mol. The van der Waals surface area contributed by atoms with Gasteiger partial charge in [0.2, 0.25) is 17.6 Å². The summed E-state index contributed by atoms with van der Waals surface area (Å²) < 4.78 is 30.8. The first kappa shape index (κ1) is 22.2. The Balaban J connectivity index is 0.00000264. The van der Waals surface area contributed by atoms with Crippen LogP contribution in [0.4, 0.5) is 8.78 Å². The van der Waals surface area contributed by atoms with Crippen molar-refractivity contribution in [3.63, 3.8) is 0 Å². The summed E-state index contributed by atoms with van der Waals surface area (Å²) in [4.78, 5) is 19.5. The summed E-state index contributed by atoms with van der Waals surface area (Å²) in [5, 5.41) is 5.90. The smallest absolute Gasteiger partial charge is 0.277 e. The van der Waals surface area contributed by atoms with E-state index in [9.17, 15) is 13.6 Å². The molecule has 24 heavy (non-hydrogen) atoms. The van der Waals surface area contributed by atoms with Gasteiger partial charge in [0.15, 0.2) is 0 Å². The molecule has 11 heteroatoms. The SMILES string of the molecule is Cl.Cl.NCC(F)(F)CNC(=O)CCc1nc(-c2ccncc2)no1. The zero-order valence-electron chi connectivity index (χ0n) is 12.4. The van der Waals surface area contributed by atoms with Gasteiger partial charge >= 0.3 is 0 Å². The lowest BCUT2D eigenvalue weighted by Crippen LogP contribution is -2.41. The van der Waals surface area contributed by atoms with E-state index in [4.69, 9.17) is 10.3 Å². The number of aryl methyl sites for hydroxylation is 1. The minimum Gasteiger partial charge on any atom is -0.350 e. The van der Waals surface area contributed by atoms with Crippen LogP contribution in [-0.4, -0.2) is 40.0 Å². The number of nitrogens with zero attached hydrogens (tertiary/aromatic N) is 3. The monoisotopic (exact) mass is 383 g/mol. The van der Waals surface area contributed by atoms with Crippen molar-refractivity contribution in [1.82, 2.24) is 20.4 Å². The zero-order chi connectivity index (χ0) is 16.0. The second kappa shape index (κ2) is 10.1. The molecule has 2 heterocycles. The first-order valence-electron chi connectivity index (χ1n) is 6.58. The first-order chi connectivity index (χ1) is 10.5. The Morgan fingerprint density at radius 1 is 1.29 bits per heavy atom. The lowest BCUT2D eigenvalue weighted by atomic mass is 10.2.